The molecule has 0 radical (unpaired) electrons. The maximum absolute atomic E-state index is 12.1. The molecule has 0 rings (SSSR count). The highest BCUT2D eigenvalue weighted by molar-refractivity contribution is 5.85. The molecular formula is C28H46N4O16. The molecule has 0 saturated heterocycles. The number of esters is 8. The fourth-order valence-electron chi connectivity index (χ4n) is 3.25. The molecule has 0 aliphatic rings. The Morgan fingerprint density at radius 3 is 1.23 bits per heavy atom. The standard InChI is InChI=1S/C28H46N4O16/c1-5-41-21(33)9-17(29)25(37)43-13-44-26(38)18(30)10-22(34)42-8-6-7-16(4)48-24(36)12-20(32)28(40)46-14-45-27(39)19(31)11-23(35)47-15(2)3/h15-20H,5-14,29-32H2,1-4H3/t16?,17-,18-,19-,20-/m0/s1. The molecule has 0 fully saturated rings. The van der Waals surface area contributed by atoms with E-state index in [-0.39, 0.29) is 26.1 Å². The van der Waals surface area contributed by atoms with Gasteiger partial charge in [-0.15, -0.1) is 0 Å². The average molecular weight is 695 g/mol. The van der Waals surface area contributed by atoms with Crippen molar-refractivity contribution in [1.29, 1.82) is 0 Å². The SMILES string of the molecule is CCOC(=O)C[C@H](N)C(=O)OCOC(=O)[C@@H](N)CC(=O)OCCCC(C)OC(=O)C[C@H](N)C(=O)OCOC(=O)[C@@H](N)CC(=O)OC(C)C. The molecule has 20 nitrogen and oxygen atoms in total. The first-order valence-electron chi connectivity index (χ1n) is 14.9. The van der Waals surface area contributed by atoms with Crippen molar-refractivity contribution in [1.82, 2.24) is 0 Å². The number of hydrogen-bond acceptors (Lipinski definition) is 20. The summed E-state index contributed by atoms with van der Waals surface area (Å²) in [6, 6.07) is -5.53. The Labute approximate surface area is 276 Å². The van der Waals surface area contributed by atoms with Crippen molar-refractivity contribution < 1.29 is 76.3 Å². The summed E-state index contributed by atoms with van der Waals surface area (Å²) < 4.78 is 38.3. The van der Waals surface area contributed by atoms with Crippen molar-refractivity contribution in [2.24, 2.45) is 22.9 Å². The van der Waals surface area contributed by atoms with Gasteiger partial charge in [0, 0.05) is 0 Å². The van der Waals surface area contributed by atoms with E-state index in [0.717, 1.165) is 0 Å². The quantitative estimate of drug-likeness (QED) is 0.0378. The third-order valence-corrected chi connectivity index (χ3v) is 5.59. The van der Waals surface area contributed by atoms with Gasteiger partial charge in [0.1, 0.15) is 24.2 Å². The lowest BCUT2D eigenvalue weighted by Crippen LogP contribution is -2.38. The number of hydrogen-bond donors (Lipinski definition) is 4. The summed E-state index contributed by atoms with van der Waals surface area (Å²) in [6.45, 7) is 4.68. The van der Waals surface area contributed by atoms with E-state index in [1.54, 1.807) is 27.7 Å². The second-order valence-corrected chi connectivity index (χ2v) is 10.3. The molecule has 1 unspecified atom stereocenters. The molecule has 48 heavy (non-hydrogen) atoms. The minimum atomic E-state index is -1.43. The topological polar surface area (TPSA) is 314 Å². The molecule has 274 valence electrons. The summed E-state index contributed by atoms with van der Waals surface area (Å²) in [7, 11) is 0. The van der Waals surface area contributed by atoms with Crippen LogP contribution in [-0.4, -0.2) is 111 Å². The summed E-state index contributed by atoms with van der Waals surface area (Å²) in [5, 5.41) is 0. The van der Waals surface area contributed by atoms with Gasteiger partial charge in [-0.2, -0.15) is 0 Å². The number of ether oxygens (including phenoxy) is 8. The van der Waals surface area contributed by atoms with Crippen LogP contribution in [0.15, 0.2) is 0 Å². The van der Waals surface area contributed by atoms with Gasteiger partial charge in [0.15, 0.2) is 0 Å². The Hall–Kier alpha value is -4.40. The van der Waals surface area contributed by atoms with E-state index >= 15 is 0 Å². The molecule has 0 aliphatic heterocycles. The molecule has 8 N–H and O–H groups in total. The van der Waals surface area contributed by atoms with E-state index in [0.29, 0.717) is 0 Å². The highest BCUT2D eigenvalue weighted by Gasteiger charge is 2.25. The normalized spacial score (nSPS) is 13.9. The van der Waals surface area contributed by atoms with Crippen molar-refractivity contribution in [3.8, 4) is 0 Å². The molecule has 0 spiro atoms. The third kappa shape index (κ3) is 20.7. The van der Waals surface area contributed by atoms with Crippen LogP contribution >= 0.6 is 0 Å². The Balaban J connectivity index is 4.20. The lowest BCUT2D eigenvalue weighted by atomic mass is 10.2. The van der Waals surface area contributed by atoms with Crippen molar-refractivity contribution >= 4 is 47.8 Å². The summed E-state index contributed by atoms with van der Waals surface area (Å²) in [4.78, 5) is 94.4. The number of nitrogens with two attached hydrogens (primary N) is 4. The van der Waals surface area contributed by atoms with E-state index in [9.17, 15) is 38.4 Å². The summed E-state index contributed by atoms with van der Waals surface area (Å²) in [5.74, 6) is -7.24. The van der Waals surface area contributed by atoms with Gasteiger partial charge in [0.2, 0.25) is 13.6 Å². The predicted molar refractivity (Wildman–Crippen MR) is 158 cm³/mol. The van der Waals surface area contributed by atoms with Crippen LogP contribution in [0.1, 0.15) is 66.2 Å². The van der Waals surface area contributed by atoms with Crippen LogP contribution < -0.4 is 22.9 Å². The summed E-state index contributed by atoms with van der Waals surface area (Å²) in [6.07, 6.45) is -2.53. The van der Waals surface area contributed by atoms with Crippen LogP contribution in [0.2, 0.25) is 0 Å². The molecule has 0 heterocycles. The molecule has 0 aromatic rings. The Morgan fingerprint density at radius 2 is 0.854 bits per heavy atom. The summed E-state index contributed by atoms with van der Waals surface area (Å²) in [5.41, 5.74) is 22.3. The predicted octanol–water partition coefficient (Wildman–Crippen LogP) is -2.29. The van der Waals surface area contributed by atoms with Crippen molar-refractivity contribution in [3.05, 3.63) is 0 Å². The van der Waals surface area contributed by atoms with Crippen LogP contribution in [0.4, 0.5) is 0 Å². The molecular weight excluding hydrogens is 648 g/mol. The van der Waals surface area contributed by atoms with Crippen molar-refractivity contribution in [3.63, 3.8) is 0 Å². The van der Waals surface area contributed by atoms with Crippen LogP contribution in [-0.2, 0) is 76.3 Å². The maximum atomic E-state index is 12.1. The zero-order chi connectivity index (χ0) is 36.8. The van der Waals surface area contributed by atoms with E-state index in [1.165, 1.54) is 0 Å². The second kappa shape index (κ2) is 23.8. The van der Waals surface area contributed by atoms with Crippen LogP contribution in [0.3, 0.4) is 0 Å². The van der Waals surface area contributed by atoms with Gasteiger partial charge in [-0.3, -0.25) is 38.4 Å². The maximum Gasteiger partial charge on any atom is 0.326 e. The minimum absolute atomic E-state index is 0.106. The van der Waals surface area contributed by atoms with Gasteiger partial charge in [-0.05, 0) is 40.5 Å². The number of carbonyl (C=O) groups excluding carboxylic acids is 8. The van der Waals surface area contributed by atoms with Gasteiger partial charge >= 0.3 is 47.8 Å². The molecule has 0 aromatic carbocycles. The van der Waals surface area contributed by atoms with E-state index < -0.39 is 123 Å². The zero-order valence-electron chi connectivity index (χ0n) is 27.4. The molecule has 0 aliphatic carbocycles. The molecule has 5 atom stereocenters. The van der Waals surface area contributed by atoms with Gasteiger partial charge in [-0.25, -0.2) is 0 Å². The number of carbonyl (C=O) groups is 8. The lowest BCUT2D eigenvalue weighted by Gasteiger charge is -2.16. The highest BCUT2D eigenvalue weighted by Crippen LogP contribution is 2.07. The van der Waals surface area contributed by atoms with E-state index in [2.05, 4.69) is 23.7 Å². The first kappa shape index (κ1) is 43.6. The fourth-order valence-corrected chi connectivity index (χ4v) is 3.25. The largest absolute Gasteiger partial charge is 0.466 e. The Kier molecular flexibility index (Phi) is 21.7. The first-order chi connectivity index (χ1) is 22.5. The average Bonchev–Trinajstić information content (AvgIpc) is 2.98. The molecule has 0 aromatic heterocycles. The highest BCUT2D eigenvalue weighted by atomic mass is 16.7. The van der Waals surface area contributed by atoms with Gasteiger partial charge < -0.3 is 60.8 Å². The Bertz CT molecular complexity index is 1100. The molecule has 0 saturated carbocycles. The van der Waals surface area contributed by atoms with Crippen LogP contribution in [0.25, 0.3) is 0 Å². The second-order valence-electron chi connectivity index (χ2n) is 10.3. The van der Waals surface area contributed by atoms with Gasteiger partial charge in [0.25, 0.3) is 0 Å². The van der Waals surface area contributed by atoms with E-state index in [4.69, 9.17) is 37.1 Å². The van der Waals surface area contributed by atoms with Crippen molar-refractivity contribution in [2.75, 3.05) is 26.8 Å². The fraction of sp³-hybridized carbons (Fsp3) is 0.714. The van der Waals surface area contributed by atoms with E-state index in [1.807, 2.05) is 0 Å². The lowest BCUT2D eigenvalue weighted by molar-refractivity contribution is -0.172. The molecule has 20 heteroatoms. The van der Waals surface area contributed by atoms with Crippen LogP contribution in [0.5, 0.6) is 0 Å². The van der Waals surface area contributed by atoms with Gasteiger partial charge in [-0.1, -0.05) is 0 Å². The smallest absolute Gasteiger partial charge is 0.326 e. The summed E-state index contributed by atoms with van der Waals surface area (Å²) >= 11 is 0. The van der Waals surface area contributed by atoms with Gasteiger partial charge in [0.05, 0.1) is 51.1 Å². The molecule has 0 amide bonds. The number of rotatable bonds is 23. The first-order valence-corrected chi connectivity index (χ1v) is 14.9. The zero-order valence-corrected chi connectivity index (χ0v) is 27.4. The van der Waals surface area contributed by atoms with Crippen molar-refractivity contribution in [2.45, 2.75) is 103 Å². The third-order valence-electron chi connectivity index (χ3n) is 5.59. The Morgan fingerprint density at radius 1 is 0.500 bits per heavy atom. The minimum Gasteiger partial charge on any atom is -0.466 e. The van der Waals surface area contributed by atoms with Crippen LogP contribution in [0, 0.1) is 0 Å². The molecule has 0 bridgehead atoms. The monoisotopic (exact) mass is 694 g/mol.